The molecular weight excluding hydrogens is 405 g/mol. The van der Waals surface area contributed by atoms with E-state index in [1.165, 1.54) is 24.7 Å². The molecule has 2 aromatic carbocycles. The first kappa shape index (κ1) is 18.7. The van der Waals surface area contributed by atoms with Crippen molar-refractivity contribution in [2.24, 2.45) is 0 Å². The third-order valence-electron chi connectivity index (χ3n) is 4.89. The van der Waals surface area contributed by atoms with Gasteiger partial charge in [0.15, 0.2) is 5.13 Å². The van der Waals surface area contributed by atoms with Gasteiger partial charge < -0.3 is 15.0 Å². The van der Waals surface area contributed by atoms with Gasteiger partial charge in [-0.25, -0.2) is 14.4 Å². The van der Waals surface area contributed by atoms with Crippen LogP contribution in [-0.4, -0.2) is 46.7 Å². The summed E-state index contributed by atoms with van der Waals surface area (Å²) in [4.78, 5) is 23.8. The lowest BCUT2D eigenvalue weighted by atomic mass is 10.2. The number of rotatable bonds is 4. The highest BCUT2D eigenvalue weighted by molar-refractivity contribution is 7.22. The lowest BCUT2D eigenvalue weighted by Gasteiger charge is -2.25. The third kappa shape index (κ3) is 3.64. The van der Waals surface area contributed by atoms with E-state index in [0.29, 0.717) is 30.3 Å². The molecule has 0 aliphatic carbocycles. The quantitative estimate of drug-likeness (QED) is 0.542. The van der Waals surface area contributed by atoms with Crippen LogP contribution < -0.4 is 10.2 Å². The molecule has 1 saturated heterocycles. The molecule has 2 aromatic heterocycles. The van der Waals surface area contributed by atoms with Crippen LogP contribution in [0.1, 0.15) is 10.5 Å². The molecule has 0 bridgehead atoms. The number of amides is 1. The van der Waals surface area contributed by atoms with Crippen molar-refractivity contribution in [1.82, 2.24) is 14.5 Å². The summed E-state index contributed by atoms with van der Waals surface area (Å²) in [5.41, 5.74) is 2.60. The van der Waals surface area contributed by atoms with Crippen molar-refractivity contribution < 1.29 is 13.9 Å². The number of nitrogens with zero attached hydrogens (tertiary/aromatic N) is 4. The fourth-order valence-corrected chi connectivity index (χ4v) is 4.40. The number of carbonyl (C=O) groups is 1. The molecular formula is C21H18FN5O2S. The highest BCUT2D eigenvalue weighted by Crippen LogP contribution is 2.31. The molecule has 0 radical (unpaired) electrons. The van der Waals surface area contributed by atoms with E-state index < -0.39 is 0 Å². The van der Waals surface area contributed by atoms with Gasteiger partial charge in [0, 0.05) is 24.5 Å². The number of thiazole rings is 1. The Morgan fingerprint density at radius 2 is 1.93 bits per heavy atom. The molecule has 7 nitrogen and oxygen atoms in total. The van der Waals surface area contributed by atoms with Crippen LogP contribution in [0.25, 0.3) is 15.9 Å². The molecule has 1 N–H and O–H groups in total. The second kappa shape index (κ2) is 7.85. The molecule has 1 fully saturated rings. The van der Waals surface area contributed by atoms with Gasteiger partial charge in [0.1, 0.15) is 11.5 Å². The van der Waals surface area contributed by atoms with Gasteiger partial charge in [0.2, 0.25) is 0 Å². The highest BCUT2D eigenvalue weighted by atomic mass is 32.1. The number of carbonyl (C=O) groups excluding carboxylic acids is 1. The van der Waals surface area contributed by atoms with Gasteiger partial charge >= 0.3 is 0 Å². The zero-order valence-corrected chi connectivity index (χ0v) is 16.7. The van der Waals surface area contributed by atoms with Crippen molar-refractivity contribution in [3.63, 3.8) is 0 Å². The Morgan fingerprint density at radius 1 is 1.13 bits per heavy atom. The molecule has 1 aliphatic heterocycles. The standard InChI is InChI=1S/C21H18FN5O2S/c22-14-1-4-16(5-2-14)27-13-23-12-18(27)20(28)24-15-3-6-17-19(11-15)30-21(25-17)26-7-9-29-10-8-26/h1-6,11-13H,7-10H2,(H,24,28). The van der Waals surface area contributed by atoms with E-state index in [2.05, 4.69) is 15.2 Å². The number of nitrogens with one attached hydrogen (secondary N) is 1. The molecule has 3 heterocycles. The number of benzene rings is 2. The summed E-state index contributed by atoms with van der Waals surface area (Å²) in [6.07, 6.45) is 3.02. The Bertz CT molecular complexity index is 1200. The number of fused-ring (bicyclic) bond motifs is 1. The molecule has 0 atom stereocenters. The van der Waals surface area contributed by atoms with Crippen LogP contribution in [0.15, 0.2) is 55.0 Å². The van der Waals surface area contributed by atoms with Crippen LogP contribution >= 0.6 is 11.3 Å². The number of hydrogen-bond acceptors (Lipinski definition) is 6. The number of halogens is 1. The van der Waals surface area contributed by atoms with E-state index in [1.807, 2.05) is 18.2 Å². The number of aromatic nitrogens is 3. The van der Waals surface area contributed by atoms with Crippen LogP contribution in [0.5, 0.6) is 0 Å². The first-order valence-corrected chi connectivity index (χ1v) is 10.3. The third-order valence-corrected chi connectivity index (χ3v) is 5.97. The minimum atomic E-state index is -0.334. The van der Waals surface area contributed by atoms with Gasteiger partial charge in [0.25, 0.3) is 5.91 Å². The van der Waals surface area contributed by atoms with Gasteiger partial charge in [-0.15, -0.1) is 0 Å². The first-order valence-electron chi connectivity index (χ1n) is 9.50. The molecule has 5 rings (SSSR count). The van der Waals surface area contributed by atoms with E-state index in [9.17, 15) is 9.18 Å². The monoisotopic (exact) mass is 423 g/mol. The van der Waals surface area contributed by atoms with Gasteiger partial charge in [-0.1, -0.05) is 11.3 Å². The lowest BCUT2D eigenvalue weighted by molar-refractivity contribution is 0.102. The summed E-state index contributed by atoms with van der Waals surface area (Å²) in [5.74, 6) is -0.631. The van der Waals surface area contributed by atoms with Crippen molar-refractivity contribution in [1.29, 1.82) is 0 Å². The summed E-state index contributed by atoms with van der Waals surface area (Å²) in [5, 5.41) is 3.88. The average Bonchev–Trinajstić information content (AvgIpc) is 3.42. The average molecular weight is 423 g/mol. The van der Waals surface area contributed by atoms with Crippen molar-refractivity contribution >= 4 is 38.3 Å². The summed E-state index contributed by atoms with van der Waals surface area (Å²) < 4.78 is 21.2. The predicted molar refractivity (Wildman–Crippen MR) is 114 cm³/mol. The number of hydrogen-bond donors (Lipinski definition) is 1. The van der Waals surface area contributed by atoms with Gasteiger partial charge in [-0.3, -0.25) is 9.36 Å². The number of imidazole rings is 1. The Hall–Kier alpha value is -3.30. The van der Waals surface area contributed by atoms with Crippen molar-refractivity contribution in [3.8, 4) is 5.69 Å². The number of anilines is 2. The zero-order valence-electron chi connectivity index (χ0n) is 15.9. The number of morpholine rings is 1. The maximum absolute atomic E-state index is 13.2. The Balaban J connectivity index is 1.37. The molecule has 0 spiro atoms. The molecule has 30 heavy (non-hydrogen) atoms. The van der Waals surface area contributed by atoms with Crippen LogP contribution in [0.2, 0.25) is 0 Å². The van der Waals surface area contributed by atoms with Gasteiger partial charge in [-0.2, -0.15) is 0 Å². The summed E-state index contributed by atoms with van der Waals surface area (Å²) in [7, 11) is 0. The Morgan fingerprint density at radius 3 is 2.73 bits per heavy atom. The van der Waals surface area contributed by atoms with Gasteiger partial charge in [0.05, 0.1) is 36.0 Å². The topological polar surface area (TPSA) is 72.3 Å². The summed E-state index contributed by atoms with van der Waals surface area (Å²) >= 11 is 1.60. The first-order chi connectivity index (χ1) is 14.7. The second-order valence-corrected chi connectivity index (χ2v) is 7.87. The maximum atomic E-state index is 13.2. The van der Waals surface area contributed by atoms with Crippen LogP contribution in [0.4, 0.5) is 15.2 Å². The molecule has 1 aliphatic rings. The normalized spacial score (nSPS) is 14.2. The zero-order chi connectivity index (χ0) is 20.5. The van der Waals surface area contributed by atoms with Crippen molar-refractivity contribution in [2.75, 3.05) is 36.5 Å². The van der Waals surface area contributed by atoms with E-state index in [4.69, 9.17) is 9.72 Å². The Kier molecular flexibility index (Phi) is 4.89. The number of ether oxygens (including phenoxy) is 1. The van der Waals surface area contributed by atoms with Crippen molar-refractivity contribution in [2.45, 2.75) is 0 Å². The minimum Gasteiger partial charge on any atom is -0.378 e. The Labute approximate surface area is 175 Å². The minimum absolute atomic E-state index is 0.297. The van der Waals surface area contributed by atoms with E-state index in [0.717, 1.165) is 28.4 Å². The molecule has 0 unspecified atom stereocenters. The van der Waals surface area contributed by atoms with E-state index in [1.54, 1.807) is 28.0 Å². The molecule has 9 heteroatoms. The predicted octanol–water partition coefficient (Wildman–Crippen LogP) is 3.71. The SMILES string of the molecule is O=C(Nc1ccc2nc(N3CCOCC3)sc2c1)c1cncn1-c1ccc(F)cc1. The highest BCUT2D eigenvalue weighted by Gasteiger charge is 2.17. The fraction of sp³-hybridized carbons (Fsp3) is 0.190. The molecule has 4 aromatic rings. The second-order valence-electron chi connectivity index (χ2n) is 6.86. The van der Waals surface area contributed by atoms with Crippen LogP contribution in [0.3, 0.4) is 0 Å². The fourth-order valence-electron chi connectivity index (χ4n) is 3.35. The van der Waals surface area contributed by atoms with Gasteiger partial charge in [-0.05, 0) is 42.5 Å². The maximum Gasteiger partial charge on any atom is 0.274 e. The summed E-state index contributed by atoms with van der Waals surface area (Å²) in [6, 6.07) is 11.6. The van der Waals surface area contributed by atoms with Crippen LogP contribution in [0, 0.1) is 5.82 Å². The van der Waals surface area contributed by atoms with E-state index in [-0.39, 0.29) is 11.7 Å². The smallest absolute Gasteiger partial charge is 0.274 e. The molecule has 1 amide bonds. The molecule has 0 saturated carbocycles. The lowest BCUT2D eigenvalue weighted by Crippen LogP contribution is -2.36. The molecule has 152 valence electrons. The van der Waals surface area contributed by atoms with E-state index >= 15 is 0 Å². The summed E-state index contributed by atoms with van der Waals surface area (Å²) in [6.45, 7) is 3.07. The van der Waals surface area contributed by atoms with Crippen LogP contribution in [-0.2, 0) is 4.74 Å². The largest absolute Gasteiger partial charge is 0.378 e. The van der Waals surface area contributed by atoms with Crippen molar-refractivity contribution in [3.05, 3.63) is 66.5 Å².